The number of hydrogen-bond acceptors (Lipinski definition) is 3. The molecule has 3 nitrogen and oxygen atoms in total. The second-order valence-corrected chi connectivity index (χ2v) is 6.07. The summed E-state index contributed by atoms with van der Waals surface area (Å²) < 4.78 is 13.9. The number of carbonyl (C=O) groups is 1. The minimum atomic E-state index is -0.236. The first-order chi connectivity index (χ1) is 9.15. The number of benzene rings is 1. The molecule has 0 spiro atoms. The van der Waals surface area contributed by atoms with Crippen LogP contribution >= 0.6 is 11.8 Å². The molecule has 0 saturated carbocycles. The molecule has 1 amide bonds. The topological polar surface area (TPSA) is 32.3 Å². The van der Waals surface area contributed by atoms with Gasteiger partial charge in [-0.2, -0.15) is 0 Å². The van der Waals surface area contributed by atoms with Gasteiger partial charge in [-0.15, -0.1) is 11.8 Å². The first kappa shape index (κ1) is 14.3. The molecular formula is C14H19FN2OS. The van der Waals surface area contributed by atoms with Crippen LogP contribution in [-0.4, -0.2) is 36.2 Å². The molecular weight excluding hydrogens is 263 g/mol. The maximum Gasteiger partial charge on any atom is 0.236 e. The Morgan fingerprint density at radius 2 is 2.16 bits per heavy atom. The van der Waals surface area contributed by atoms with Crippen LogP contribution in [0, 0.1) is 5.82 Å². The Bertz CT molecular complexity index is 455. The van der Waals surface area contributed by atoms with Gasteiger partial charge in [0.2, 0.25) is 5.91 Å². The highest BCUT2D eigenvalue weighted by atomic mass is 32.2. The number of hydrogen-bond donors (Lipinski definition) is 1. The van der Waals surface area contributed by atoms with Gasteiger partial charge >= 0.3 is 0 Å². The molecule has 0 bridgehead atoms. The molecule has 19 heavy (non-hydrogen) atoms. The van der Waals surface area contributed by atoms with Crippen LogP contribution in [0.4, 0.5) is 4.39 Å². The van der Waals surface area contributed by atoms with Gasteiger partial charge < -0.3 is 10.2 Å². The lowest BCUT2D eigenvalue weighted by Crippen LogP contribution is -2.32. The zero-order chi connectivity index (χ0) is 13.8. The number of amides is 1. The number of rotatable bonds is 5. The molecule has 104 valence electrons. The van der Waals surface area contributed by atoms with Crippen molar-refractivity contribution in [2.45, 2.75) is 24.0 Å². The second-order valence-electron chi connectivity index (χ2n) is 4.64. The summed E-state index contributed by atoms with van der Waals surface area (Å²) in [6, 6.07) is 6.71. The average molecular weight is 282 g/mol. The number of carbonyl (C=O) groups excluding carboxylic acids is 1. The van der Waals surface area contributed by atoms with Gasteiger partial charge in [0.15, 0.2) is 0 Å². The lowest BCUT2D eigenvalue weighted by atomic mass is 10.2. The third kappa shape index (κ3) is 3.09. The molecule has 5 heteroatoms. The van der Waals surface area contributed by atoms with Gasteiger partial charge in [-0.3, -0.25) is 4.79 Å². The Balaban J connectivity index is 2.17. The Morgan fingerprint density at radius 3 is 2.84 bits per heavy atom. The minimum absolute atomic E-state index is 0.0980. The van der Waals surface area contributed by atoms with Gasteiger partial charge in [-0.1, -0.05) is 18.2 Å². The summed E-state index contributed by atoms with van der Waals surface area (Å²) in [5.74, 6) is -0.130. The molecule has 1 aliphatic heterocycles. The first-order valence-corrected chi connectivity index (χ1v) is 7.44. The van der Waals surface area contributed by atoms with E-state index in [0.717, 1.165) is 13.0 Å². The smallest absolute Gasteiger partial charge is 0.236 e. The summed E-state index contributed by atoms with van der Waals surface area (Å²) in [5, 5.41) is 2.77. The zero-order valence-corrected chi connectivity index (χ0v) is 12.0. The first-order valence-electron chi connectivity index (χ1n) is 6.50. The van der Waals surface area contributed by atoms with E-state index in [2.05, 4.69) is 5.32 Å². The molecule has 1 aliphatic rings. The number of thioether (sulfide) groups is 1. The molecule has 1 N–H and O–H groups in total. The van der Waals surface area contributed by atoms with E-state index in [4.69, 9.17) is 0 Å². The van der Waals surface area contributed by atoms with E-state index >= 15 is 0 Å². The summed E-state index contributed by atoms with van der Waals surface area (Å²) in [7, 11) is 1.89. The maximum atomic E-state index is 13.9. The molecule has 0 aliphatic carbocycles. The summed E-state index contributed by atoms with van der Waals surface area (Å²) in [4.78, 5) is 14.0. The number of nitrogens with one attached hydrogen (secondary N) is 1. The van der Waals surface area contributed by atoms with Crippen LogP contribution in [0.5, 0.6) is 0 Å². The van der Waals surface area contributed by atoms with Gasteiger partial charge in [-0.05, 0) is 33.0 Å². The van der Waals surface area contributed by atoms with Gasteiger partial charge in [0, 0.05) is 12.1 Å². The highest BCUT2D eigenvalue weighted by Gasteiger charge is 2.38. The van der Waals surface area contributed by atoms with Crippen LogP contribution < -0.4 is 5.32 Å². The fourth-order valence-corrected chi connectivity index (χ4v) is 3.58. The molecule has 2 rings (SSSR count). The normalized spacial score (nSPS) is 23.1. The fourth-order valence-electron chi connectivity index (χ4n) is 2.24. The maximum absolute atomic E-state index is 13.9. The van der Waals surface area contributed by atoms with Crippen molar-refractivity contribution in [3.63, 3.8) is 0 Å². The summed E-state index contributed by atoms with van der Waals surface area (Å²) >= 11 is 1.52. The van der Waals surface area contributed by atoms with Crippen molar-refractivity contribution < 1.29 is 9.18 Å². The van der Waals surface area contributed by atoms with Crippen molar-refractivity contribution in [1.82, 2.24) is 10.2 Å². The van der Waals surface area contributed by atoms with Crippen LogP contribution in [0.15, 0.2) is 24.3 Å². The fraction of sp³-hybridized carbons (Fsp3) is 0.500. The van der Waals surface area contributed by atoms with E-state index in [-0.39, 0.29) is 22.3 Å². The Morgan fingerprint density at radius 1 is 1.42 bits per heavy atom. The highest BCUT2D eigenvalue weighted by Crippen LogP contribution is 2.43. The molecule has 2 atom stereocenters. The Labute approximate surface area is 117 Å². The van der Waals surface area contributed by atoms with Gasteiger partial charge in [0.25, 0.3) is 0 Å². The average Bonchev–Trinajstić information content (AvgIpc) is 2.68. The van der Waals surface area contributed by atoms with Crippen molar-refractivity contribution in [3.05, 3.63) is 35.6 Å². The monoisotopic (exact) mass is 282 g/mol. The lowest BCUT2D eigenvalue weighted by molar-refractivity contribution is -0.129. The van der Waals surface area contributed by atoms with Crippen LogP contribution in [0.2, 0.25) is 0 Å². The van der Waals surface area contributed by atoms with Crippen molar-refractivity contribution >= 4 is 17.7 Å². The van der Waals surface area contributed by atoms with Crippen LogP contribution in [0.25, 0.3) is 0 Å². The quantitative estimate of drug-likeness (QED) is 0.842. The van der Waals surface area contributed by atoms with Crippen LogP contribution in [-0.2, 0) is 4.79 Å². The Hall–Kier alpha value is -1.07. The summed E-state index contributed by atoms with van der Waals surface area (Å²) in [6.07, 6.45) is 0.875. The number of halogens is 1. The van der Waals surface area contributed by atoms with E-state index in [1.165, 1.54) is 17.8 Å². The Kier molecular flexibility index (Phi) is 4.82. The van der Waals surface area contributed by atoms with Gasteiger partial charge in [0.05, 0.1) is 5.25 Å². The number of nitrogens with zero attached hydrogens (tertiary/aromatic N) is 1. The molecule has 1 saturated heterocycles. The van der Waals surface area contributed by atoms with Gasteiger partial charge in [-0.25, -0.2) is 4.39 Å². The largest absolute Gasteiger partial charge is 0.325 e. The molecule has 1 aromatic carbocycles. The SMILES string of the molecule is CNCCCN1C(=O)C(C)SC1c1ccccc1F. The molecule has 0 aromatic heterocycles. The van der Waals surface area contributed by atoms with E-state index < -0.39 is 0 Å². The van der Waals surface area contributed by atoms with E-state index in [9.17, 15) is 9.18 Å². The molecule has 1 heterocycles. The highest BCUT2D eigenvalue weighted by molar-refractivity contribution is 8.01. The summed E-state index contributed by atoms with van der Waals surface area (Å²) in [6.45, 7) is 3.40. The molecule has 1 aromatic rings. The van der Waals surface area contributed by atoms with E-state index in [0.29, 0.717) is 12.1 Å². The third-order valence-electron chi connectivity index (χ3n) is 3.24. The van der Waals surface area contributed by atoms with Crippen molar-refractivity contribution in [3.8, 4) is 0 Å². The van der Waals surface area contributed by atoms with Crippen molar-refractivity contribution in [2.24, 2.45) is 0 Å². The van der Waals surface area contributed by atoms with Crippen molar-refractivity contribution in [2.75, 3.05) is 20.1 Å². The van der Waals surface area contributed by atoms with Crippen molar-refractivity contribution in [1.29, 1.82) is 0 Å². The predicted octanol–water partition coefficient (Wildman–Crippen LogP) is 2.40. The van der Waals surface area contributed by atoms with E-state index in [1.54, 1.807) is 17.0 Å². The molecule has 1 fully saturated rings. The standard InChI is InChI=1S/C14H19FN2OS/c1-10-13(18)17(9-5-8-16-2)14(19-10)11-6-3-4-7-12(11)15/h3-4,6-7,10,14,16H,5,8-9H2,1-2H3. The molecule has 2 unspecified atom stereocenters. The van der Waals surface area contributed by atoms with Crippen LogP contribution in [0.3, 0.4) is 0 Å². The minimum Gasteiger partial charge on any atom is -0.325 e. The third-order valence-corrected chi connectivity index (χ3v) is 4.62. The van der Waals surface area contributed by atoms with Crippen LogP contribution in [0.1, 0.15) is 24.3 Å². The summed E-state index contributed by atoms with van der Waals surface area (Å²) in [5.41, 5.74) is 0.606. The van der Waals surface area contributed by atoms with E-state index in [1.807, 2.05) is 20.0 Å². The van der Waals surface area contributed by atoms with Gasteiger partial charge in [0.1, 0.15) is 11.2 Å². The molecule has 0 radical (unpaired) electrons. The lowest BCUT2D eigenvalue weighted by Gasteiger charge is -2.24. The second kappa shape index (κ2) is 6.39. The zero-order valence-electron chi connectivity index (χ0n) is 11.2. The predicted molar refractivity (Wildman–Crippen MR) is 76.5 cm³/mol.